The van der Waals surface area contributed by atoms with Crippen molar-refractivity contribution in [3.8, 4) is 0 Å². The van der Waals surface area contributed by atoms with Crippen LogP contribution in [0.3, 0.4) is 0 Å². The Kier molecular flexibility index (Phi) is 6.00. The number of hydrogen-bond acceptors (Lipinski definition) is 3. The molecule has 0 spiro atoms. The molecule has 0 bridgehead atoms. The molecule has 0 saturated heterocycles. The number of allylic oxidation sites excluding steroid dienone is 1. The van der Waals surface area contributed by atoms with Gasteiger partial charge in [0.25, 0.3) is 0 Å². The van der Waals surface area contributed by atoms with Gasteiger partial charge in [-0.2, -0.15) is 0 Å². The quantitative estimate of drug-likeness (QED) is 0.532. The summed E-state index contributed by atoms with van der Waals surface area (Å²) in [5.74, 6) is 0.217. The predicted molar refractivity (Wildman–Crippen MR) is 84.3 cm³/mol. The third-order valence-electron chi connectivity index (χ3n) is 3.94. The SMILES string of the molecule is CCCCCC1=CC(C)C(C=O)N1OCc1ccccc1. The van der Waals surface area contributed by atoms with E-state index >= 15 is 0 Å². The summed E-state index contributed by atoms with van der Waals surface area (Å²) < 4.78 is 0. The Morgan fingerprint density at radius 1 is 1.24 bits per heavy atom. The van der Waals surface area contributed by atoms with Crippen molar-refractivity contribution in [1.29, 1.82) is 0 Å². The maximum absolute atomic E-state index is 11.4. The number of benzene rings is 1. The average molecular weight is 287 g/mol. The van der Waals surface area contributed by atoms with Crippen LogP contribution in [-0.4, -0.2) is 17.4 Å². The Hall–Kier alpha value is -1.61. The van der Waals surface area contributed by atoms with Crippen molar-refractivity contribution in [1.82, 2.24) is 5.06 Å². The van der Waals surface area contributed by atoms with Crippen LogP contribution < -0.4 is 0 Å². The number of carbonyl (C=O) groups is 1. The lowest BCUT2D eigenvalue weighted by atomic mass is 10.1. The van der Waals surface area contributed by atoms with E-state index in [2.05, 4.69) is 19.9 Å². The van der Waals surface area contributed by atoms with Gasteiger partial charge in [-0.05, 0) is 18.4 Å². The molecule has 1 aliphatic heterocycles. The number of aldehydes is 1. The van der Waals surface area contributed by atoms with Crippen molar-refractivity contribution >= 4 is 6.29 Å². The molecule has 1 aromatic rings. The molecule has 2 unspecified atom stereocenters. The molecule has 3 nitrogen and oxygen atoms in total. The summed E-state index contributed by atoms with van der Waals surface area (Å²) in [6, 6.07) is 9.88. The lowest BCUT2D eigenvalue weighted by molar-refractivity contribution is -0.170. The molecule has 114 valence electrons. The second-order valence-electron chi connectivity index (χ2n) is 5.69. The fraction of sp³-hybridized carbons (Fsp3) is 0.500. The summed E-state index contributed by atoms with van der Waals surface area (Å²) in [5.41, 5.74) is 2.28. The van der Waals surface area contributed by atoms with Crippen molar-refractivity contribution in [2.24, 2.45) is 5.92 Å². The van der Waals surface area contributed by atoms with Crippen LogP contribution in [0.5, 0.6) is 0 Å². The number of hydroxylamine groups is 2. The van der Waals surface area contributed by atoms with E-state index < -0.39 is 0 Å². The van der Waals surface area contributed by atoms with Gasteiger partial charge >= 0.3 is 0 Å². The molecule has 0 aromatic heterocycles. The van der Waals surface area contributed by atoms with Crippen LogP contribution in [0, 0.1) is 5.92 Å². The van der Waals surface area contributed by atoms with E-state index in [-0.39, 0.29) is 12.0 Å². The van der Waals surface area contributed by atoms with E-state index in [1.54, 1.807) is 0 Å². The first-order valence-corrected chi connectivity index (χ1v) is 7.88. The minimum absolute atomic E-state index is 0.190. The van der Waals surface area contributed by atoms with Gasteiger partial charge in [0.1, 0.15) is 12.3 Å². The molecule has 1 aliphatic rings. The third-order valence-corrected chi connectivity index (χ3v) is 3.94. The molecule has 0 radical (unpaired) electrons. The average Bonchev–Trinajstić information content (AvgIpc) is 2.81. The molecule has 3 heteroatoms. The Labute approximate surface area is 127 Å². The maximum Gasteiger partial charge on any atom is 0.145 e. The first-order chi connectivity index (χ1) is 10.3. The molecule has 21 heavy (non-hydrogen) atoms. The molecule has 0 fully saturated rings. The summed E-state index contributed by atoms with van der Waals surface area (Å²) in [7, 11) is 0. The van der Waals surface area contributed by atoms with Crippen LogP contribution in [-0.2, 0) is 16.2 Å². The normalized spacial score (nSPS) is 21.4. The monoisotopic (exact) mass is 287 g/mol. The zero-order chi connectivity index (χ0) is 15.1. The molecule has 0 N–H and O–H groups in total. The minimum atomic E-state index is -0.190. The van der Waals surface area contributed by atoms with Crippen molar-refractivity contribution < 1.29 is 9.63 Å². The molecule has 0 amide bonds. The first-order valence-electron chi connectivity index (χ1n) is 7.88. The highest BCUT2D eigenvalue weighted by atomic mass is 16.7. The van der Waals surface area contributed by atoms with Gasteiger partial charge in [0, 0.05) is 11.6 Å². The van der Waals surface area contributed by atoms with Gasteiger partial charge in [-0.1, -0.05) is 63.1 Å². The zero-order valence-electron chi connectivity index (χ0n) is 13.0. The van der Waals surface area contributed by atoms with Crippen LogP contribution in [0.4, 0.5) is 0 Å². The van der Waals surface area contributed by atoms with Crippen molar-refractivity contribution in [2.75, 3.05) is 0 Å². The molecule has 1 heterocycles. The Morgan fingerprint density at radius 2 is 2.00 bits per heavy atom. The molecular formula is C18H25NO2. The van der Waals surface area contributed by atoms with Gasteiger partial charge in [-0.15, -0.1) is 0 Å². The predicted octanol–water partition coefficient (Wildman–Crippen LogP) is 4.10. The topological polar surface area (TPSA) is 29.5 Å². The maximum atomic E-state index is 11.4. The highest BCUT2D eigenvalue weighted by Gasteiger charge is 2.32. The summed E-state index contributed by atoms with van der Waals surface area (Å²) >= 11 is 0. The van der Waals surface area contributed by atoms with E-state index in [0.717, 1.165) is 30.4 Å². The minimum Gasteiger partial charge on any atom is -0.301 e. The van der Waals surface area contributed by atoms with Crippen LogP contribution in [0.25, 0.3) is 0 Å². The number of unbranched alkanes of at least 4 members (excludes halogenated alkanes) is 2. The first kappa shape index (κ1) is 15.8. The van der Waals surface area contributed by atoms with Gasteiger partial charge in [-0.25, -0.2) is 5.06 Å². The lowest BCUT2D eigenvalue weighted by Crippen LogP contribution is -2.34. The summed E-state index contributed by atoms with van der Waals surface area (Å²) in [5, 5.41) is 1.83. The van der Waals surface area contributed by atoms with E-state index in [1.165, 1.54) is 12.8 Å². The van der Waals surface area contributed by atoms with E-state index in [9.17, 15) is 4.79 Å². The Bertz CT molecular complexity index is 469. The highest BCUT2D eigenvalue weighted by Crippen LogP contribution is 2.30. The Morgan fingerprint density at radius 3 is 2.67 bits per heavy atom. The highest BCUT2D eigenvalue weighted by molar-refractivity contribution is 5.60. The molecule has 1 aromatic carbocycles. The fourth-order valence-corrected chi connectivity index (χ4v) is 2.70. The van der Waals surface area contributed by atoms with Gasteiger partial charge in [0.15, 0.2) is 0 Å². The summed E-state index contributed by atoms with van der Waals surface area (Å²) in [6.07, 6.45) is 7.72. The van der Waals surface area contributed by atoms with E-state index in [4.69, 9.17) is 4.84 Å². The third kappa shape index (κ3) is 4.18. The fourth-order valence-electron chi connectivity index (χ4n) is 2.70. The number of nitrogens with zero attached hydrogens (tertiary/aromatic N) is 1. The van der Waals surface area contributed by atoms with Gasteiger partial charge < -0.3 is 4.79 Å². The Balaban J connectivity index is 1.98. The zero-order valence-corrected chi connectivity index (χ0v) is 13.0. The number of rotatable bonds is 8. The second kappa shape index (κ2) is 7.99. The number of hydrogen-bond donors (Lipinski definition) is 0. The summed E-state index contributed by atoms with van der Waals surface area (Å²) in [6.45, 7) is 4.78. The lowest BCUT2D eigenvalue weighted by Gasteiger charge is -2.27. The van der Waals surface area contributed by atoms with Crippen LogP contribution in [0.1, 0.15) is 45.1 Å². The van der Waals surface area contributed by atoms with Crippen molar-refractivity contribution in [3.63, 3.8) is 0 Å². The standard InChI is InChI=1S/C18H25NO2/c1-3-4-6-11-17-12-15(2)18(13-20)19(17)21-14-16-9-7-5-8-10-16/h5,7-10,12-13,15,18H,3-4,6,11,14H2,1-2H3. The van der Waals surface area contributed by atoms with Crippen LogP contribution in [0.2, 0.25) is 0 Å². The van der Waals surface area contributed by atoms with Gasteiger partial charge in [0.2, 0.25) is 0 Å². The van der Waals surface area contributed by atoms with E-state index in [0.29, 0.717) is 6.61 Å². The molecule has 2 atom stereocenters. The smallest absolute Gasteiger partial charge is 0.145 e. The van der Waals surface area contributed by atoms with Crippen molar-refractivity contribution in [3.05, 3.63) is 47.7 Å². The molecular weight excluding hydrogens is 262 g/mol. The van der Waals surface area contributed by atoms with E-state index in [1.807, 2.05) is 35.4 Å². The second-order valence-corrected chi connectivity index (χ2v) is 5.69. The molecule has 0 saturated carbocycles. The summed E-state index contributed by atoms with van der Waals surface area (Å²) in [4.78, 5) is 17.3. The van der Waals surface area contributed by atoms with Crippen LogP contribution >= 0.6 is 0 Å². The van der Waals surface area contributed by atoms with Gasteiger partial charge in [0.05, 0.1) is 6.61 Å². The van der Waals surface area contributed by atoms with Crippen LogP contribution in [0.15, 0.2) is 42.1 Å². The molecule has 2 rings (SSSR count). The molecule has 0 aliphatic carbocycles. The van der Waals surface area contributed by atoms with Crippen molar-refractivity contribution in [2.45, 2.75) is 52.2 Å². The number of carbonyl (C=O) groups excluding carboxylic acids is 1. The van der Waals surface area contributed by atoms with Gasteiger partial charge in [-0.3, -0.25) is 4.84 Å². The largest absolute Gasteiger partial charge is 0.301 e.